The maximum atomic E-state index is 12.9. The van der Waals surface area contributed by atoms with Crippen molar-refractivity contribution in [3.8, 4) is 5.75 Å². The smallest absolute Gasteiger partial charge is 0.267 e. The van der Waals surface area contributed by atoms with Gasteiger partial charge in [-0.15, -0.1) is 11.3 Å². The summed E-state index contributed by atoms with van der Waals surface area (Å²) in [6.07, 6.45) is 0. The van der Waals surface area contributed by atoms with E-state index in [1.165, 1.54) is 23.5 Å². The van der Waals surface area contributed by atoms with E-state index in [-0.39, 0.29) is 18.3 Å². The molecule has 0 unspecified atom stereocenters. The molecular formula is C18H15FN2O2S. The van der Waals surface area contributed by atoms with Crippen molar-refractivity contribution in [2.45, 2.75) is 13.5 Å². The summed E-state index contributed by atoms with van der Waals surface area (Å²) in [6.45, 7) is 2.02. The summed E-state index contributed by atoms with van der Waals surface area (Å²) in [7, 11) is 0. The zero-order chi connectivity index (χ0) is 16.9. The number of nitrogens with zero attached hydrogens (tertiary/aromatic N) is 1. The average molecular weight is 342 g/mol. The van der Waals surface area contributed by atoms with E-state index in [0.717, 1.165) is 5.69 Å². The van der Waals surface area contributed by atoms with Crippen LogP contribution in [0, 0.1) is 12.7 Å². The lowest BCUT2D eigenvalue weighted by Crippen LogP contribution is -2.11. The molecule has 24 heavy (non-hydrogen) atoms. The number of carbonyl (C=O) groups is 1. The molecule has 0 aliphatic carbocycles. The molecule has 0 radical (unpaired) electrons. The van der Waals surface area contributed by atoms with E-state index < -0.39 is 0 Å². The van der Waals surface area contributed by atoms with Crippen molar-refractivity contribution in [3.05, 3.63) is 76.0 Å². The quantitative estimate of drug-likeness (QED) is 0.747. The summed E-state index contributed by atoms with van der Waals surface area (Å²) in [5, 5.41) is 3.53. The van der Waals surface area contributed by atoms with Crippen LogP contribution in [0.5, 0.6) is 5.75 Å². The molecule has 0 fully saturated rings. The van der Waals surface area contributed by atoms with E-state index in [9.17, 15) is 9.18 Å². The van der Waals surface area contributed by atoms with Crippen LogP contribution in [0.3, 0.4) is 0 Å². The van der Waals surface area contributed by atoms with E-state index in [4.69, 9.17) is 4.74 Å². The molecule has 2 aromatic carbocycles. The summed E-state index contributed by atoms with van der Waals surface area (Å²) < 4.78 is 18.4. The third-order valence-electron chi connectivity index (χ3n) is 3.25. The minimum atomic E-state index is -0.313. The van der Waals surface area contributed by atoms with Crippen LogP contribution in [0.2, 0.25) is 0 Å². The Kier molecular flexibility index (Phi) is 4.86. The van der Waals surface area contributed by atoms with Gasteiger partial charge in [0.25, 0.3) is 5.91 Å². The van der Waals surface area contributed by atoms with Gasteiger partial charge in [-0.05, 0) is 43.3 Å². The molecule has 3 aromatic rings. The highest BCUT2D eigenvalue weighted by Gasteiger charge is 2.15. The maximum absolute atomic E-state index is 12.9. The van der Waals surface area contributed by atoms with Gasteiger partial charge < -0.3 is 10.1 Å². The lowest BCUT2D eigenvalue weighted by atomic mass is 10.3. The van der Waals surface area contributed by atoms with Gasteiger partial charge in [-0.1, -0.05) is 18.2 Å². The fourth-order valence-electron chi connectivity index (χ4n) is 2.11. The van der Waals surface area contributed by atoms with Gasteiger partial charge >= 0.3 is 0 Å². The van der Waals surface area contributed by atoms with Crippen molar-refractivity contribution >= 4 is 22.9 Å². The number of para-hydroxylation sites is 1. The Balaban J connectivity index is 1.66. The van der Waals surface area contributed by atoms with Crippen LogP contribution in [0.15, 0.2) is 54.6 Å². The van der Waals surface area contributed by atoms with Crippen LogP contribution in [-0.2, 0) is 6.61 Å². The fraction of sp³-hybridized carbons (Fsp3) is 0.111. The number of benzene rings is 2. The van der Waals surface area contributed by atoms with Gasteiger partial charge in [-0.25, -0.2) is 9.37 Å². The molecule has 1 amide bonds. The van der Waals surface area contributed by atoms with Gasteiger partial charge in [-0.2, -0.15) is 0 Å². The molecule has 6 heteroatoms. The maximum Gasteiger partial charge on any atom is 0.267 e. The molecule has 122 valence electrons. The van der Waals surface area contributed by atoms with Crippen molar-refractivity contribution < 1.29 is 13.9 Å². The molecule has 4 nitrogen and oxygen atoms in total. The Morgan fingerprint density at radius 2 is 1.88 bits per heavy atom. The Bertz CT molecular complexity index is 832. The van der Waals surface area contributed by atoms with Crippen molar-refractivity contribution in [2.24, 2.45) is 0 Å². The Morgan fingerprint density at radius 1 is 1.17 bits per heavy atom. The number of aryl methyl sites for hydroxylation is 1. The second kappa shape index (κ2) is 7.23. The summed E-state index contributed by atoms with van der Waals surface area (Å²) in [5.74, 6) is 0.0519. The number of rotatable bonds is 5. The third-order valence-corrected chi connectivity index (χ3v) is 4.38. The van der Waals surface area contributed by atoms with Crippen molar-refractivity contribution in [1.82, 2.24) is 4.98 Å². The van der Waals surface area contributed by atoms with Gasteiger partial charge in [0.05, 0.1) is 5.69 Å². The van der Waals surface area contributed by atoms with Crippen LogP contribution >= 0.6 is 11.3 Å². The number of anilines is 1. The lowest BCUT2D eigenvalue weighted by Gasteiger charge is -2.03. The number of hydrogen-bond acceptors (Lipinski definition) is 4. The number of halogens is 1. The first-order valence-corrected chi connectivity index (χ1v) is 8.14. The standard InChI is InChI=1S/C18H15FN2O2S/c1-12-17(18(22)21-14-5-3-2-4-6-14)24-16(20-12)11-23-15-9-7-13(19)8-10-15/h2-10H,11H2,1H3,(H,21,22). The van der Waals surface area contributed by atoms with Gasteiger partial charge in [0.2, 0.25) is 0 Å². The summed E-state index contributed by atoms with van der Waals surface area (Å²) in [6, 6.07) is 15.0. The molecule has 0 atom stereocenters. The zero-order valence-corrected chi connectivity index (χ0v) is 13.8. The van der Waals surface area contributed by atoms with E-state index in [1.807, 2.05) is 30.3 Å². The largest absolute Gasteiger partial charge is 0.486 e. The molecule has 3 rings (SSSR count). The average Bonchev–Trinajstić information content (AvgIpc) is 2.96. The number of aromatic nitrogens is 1. The SMILES string of the molecule is Cc1nc(COc2ccc(F)cc2)sc1C(=O)Nc1ccccc1. The first-order valence-electron chi connectivity index (χ1n) is 7.33. The Hall–Kier alpha value is -2.73. The minimum absolute atomic E-state index is 0.191. The number of carbonyl (C=O) groups excluding carboxylic acids is 1. The Morgan fingerprint density at radius 3 is 2.58 bits per heavy atom. The van der Waals surface area contributed by atoms with Crippen molar-refractivity contribution in [1.29, 1.82) is 0 Å². The van der Waals surface area contributed by atoms with Gasteiger partial charge in [0.1, 0.15) is 28.1 Å². The second-order valence-corrected chi connectivity index (χ2v) is 6.17. The summed E-state index contributed by atoms with van der Waals surface area (Å²) in [5.41, 5.74) is 1.39. The molecule has 1 N–H and O–H groups in total. The normalized spacial score (nSPS) is 10.4. The number of thiazole rings is 1. The number of amides is 1. The van der Waals surface area contributed by atoms with Crippen LogP contribution in [-0.4, -0.2) is 10.9 Å². The summed E-state index contributed by atoms with van der Waals surface area (Å²) >= 11 is 1.29. The highest BCUT2D eigenvalue weighted by atomic mass is 32.1. The molecule has 0 saturated carbocycles. The predicted molar refractivity (Wildman–Crippen MR) is 92.0 cm³/mol. The summed E-state index contributed by atoms with van der Waals surface area (Å²) in [4.78, 5) is 17.3. The molecule has 1 heterocycles. The van der Waals surface area contributed by atoms with Gasteiger partial charge in [0.15, 0.2) is 0 Å². The highest BCUT2D eigenvalue weighted by Crippen LogP contribution is 2.22. The zero-order valence-electron chi connectivity index (χ0n) is 13.0. The molecule has 0 saturated heterocycles. The van der Waals surface area contributed by atoms with E-state index in [0.29, 0.717) is 21.3 Å². The highest BCUT2D eigenvalue weighted by molar-refractivity contribution is 7.13. The van der Waals surface area contributed by atoms with Crippen LogP contribution in [0.4, 0.5) is 10.1 Å². The lowest BCUT2D eigenvalue weighted by molar-refractivity contribution is 0.103. The van der Waals surface area contributed by atoms with E-state index in [1.54, 1.807) is 19.1 Å². The van der Waals surface area contributed by atoms with Crippen molar-refractivity contribution in [3.63, 3.8) is 0 Å². The van der Waals surface area contributed by atoms with Crippen LogP contribution in [0.1, 0.15) is 20.4 Å². The predicted octanol–water partition coefficient (Wildman–Crippen LogP) is 4.42. The molecule has 0 aliphatic heterocycles. The van der Waals surface area contributed by atoms with Gasteiger partial charge in [0, 0.05) is 5.69 Å². The number of nitrogens with one attached hydrogen (secondary N) is 1. The monoisotopic (exact) mass is 342 g/mol. The topological polar surface area (TPSA) is 51.2 Å². The second-order valence-electron chi connectivity index (χ2n) is 5.08. The number of hydrogen-bond donors (Lipinski definition) is 1. The molecule has 0 aliphatic rings. The minimum Gasteiger partial charge on any atom is -0.486 e. The van der Waals surface area contributed by atoms with E-state index >= 15 is 0 Å². The van der Waals surface area contributed by atoms with E-state index in [2.05, 4.69) is 10.3 Å². The molecule has 0 bridgehead atoms. The molecule has 0 spiro atoms. The van der Waals surface area contributed by atoms with Crippen LogP contribution < -0.4 is 10.1 Å². The molecular weight excluding hydrogens is 327 g/mol. The Labute approximate surface area is 142 Å². The van der Waals surface area contributed by atoms with Gasteiger partial charge in [-0.3, -0.25) is 4.79 Å². The first-order chi connectivity index (χ1) is 11.6. The van der Waals surface area contributed by atoms with Crippen LogP contribution in [0.25, 0.3) is 0 Å². The number of ether oxygens (including phenoxy) is 1. The fourth-order valence-corrected chi connectivity index (χ4v) is 2.98. The molecule has 1 aromatic heterocycles. The van der Waals surface area contributed by atoms with Crippen molar-refractivity contribution in [2.75, 3.05) is 5.32 Å². The third kappa shape index (κ3) is 3.97. The first kappa shape index (κ1) is 16.1.